The lowest BCUT2D eigenvalue weighted by Crippen LogP contribution is -2.22. The summed E-state index contributed by atoms with van der Waals surface area (Å²) in [5.41, 5.74) is 8.91. The maximum atomic E-state index is 11.8. The molecular weight excluding hydrogens is 282 g/mol. The summed E-state index contributed by atoms with van der Waals surface area (Å²) in [5, 5.41) is 6.03. The van der Waals surface area contributed by atoms with E-state index in [4.69, 9.17) is 5.73 Å². The Morgan fingerprint density at radius 1 is 1.24 bits per heavy atom. The minimum absolute atomic E-state index is 0.111. The Bertz CT molecular complexity index is 643. The molecule has 0 saturated heterocycles. The van der Waals surface area contributed by atoms with Gasteiger partial charge in [0, 0.05) is 22.7 Å². The number of nitrogen functional groups attached to an aromatic ring is 1. The molecule has 0 aromatic heterocycles. The molecule has 2 aromatic carbocycles. The third-order valence-corrected chi connectivity index (χ3v) is 3.73. The van der Waals surface area contributed by atoms with E-state index in [-0.39, 0.29) is 5.91 Å². The minimum atomic E-state index is -0.111. The highest BCUT2D eigenvalue weighted by Crippen LogP contribution is 2.26. The topological polar surface area (TPSA) is 67.2 Å². The maximum Gasteiger partial charge on any atom is 0.251 e. The fourth-order valence-electron chi connectivity index (χ4n) is 1.94. The molecule has 0 unspecified atom stereocenters. The van der Waals surface area contributed by atoms with E-state index in [0.717, 1.165) is 11.4 Å². The minimum Gasteiger partial charge on any atom is -0.397 e. The molecule has 0 aliphatic heterocycles. The van der Waals surface area contributed by atoms with Gasteiger partial charge in [-0.1, -0.05) is 6.07 Å². The van der Waals surface area contributed by atoms with Crippen molar-refractivity contribution in [3.05, 3.63) is 48.0 Å². The number of rotatable bonds is 5. The summed E-state index contributed by atoms with van der Waals surface area (Å²) in [4.78, 5) is 12.9. The molecule has 0 heterocycles. The molecule has 0 bridgehead atoms. The van der Waals surface area contributed by atoms with Gasteiger partial charge in [-0.2, -0.15) is 0 Å². The molecule has 2 aromatic rings. The summed E-state index contributed by atoms with van der Waals surface area (Å²) in [6, 6.07) is 13.4. The van der Waals surface area contributed by atoms with Crippen molar-refractivity contribution in [2.24, 2.45) is 0 Å². The first-order valence-corrected chi connectivity index (χ1v) is 7.95. The molecule has 5 heteroatoms. The van der Waals surface area contributed by atoms with Crippen LogP contribution in [0.5, 0.6) is 0 Å². The molecular formula is C16H19N3OS. The molecule has 0 radical (unpaired) electrons. The normalized spacial score (nSPS) is 10.2. The average Bonchev–Trinajstić information content (AvgIpc) is 2.49. The van der Waals surface area contributed by atoms with E-state index in [1.807, 2.05) is 31.4 Å². The maximum absolute atomic E-state index is 11.8. The molecule has 2 rings (SSSR count). The predicted molar refractivity (Wildman–Crippen MR) is 90.4 cm³/mol. The van der Waals surface area contributed by atoms with Gasteiger partial charge >= 0.3 is 0 Å². The number of anilines is 3. The number of carbonyl (C=O) groups excluding carboxylic acids is 1. The van der Waals surface area contributed by atoms with Crippen LogP contribution in [0.4, 0.5) is 17.1 Å². The SMILES string of the molecule is CCNC(=O)c1ccc(Nc2cccc(SC)c2)c(N)c1. The summed E-state index contributed by atoms with van der Waals surface area (Å²) in [7, 11) is 0. The first-order chi connectivity index (χ1) is 10.1. The van der Waals surface area contributed by atoms with E-state index in [1.54, 1.807) is 23.9 Å². The molecule has 21 heavy (non-hydrogen) atoms. The number of nitrogens with one attached hydrogen (secondary N) is 2. The first kappa shape index (κ1) is 15.3. The van der Waals surface area contributed by atoms with Crippen molar-refractivity contribution < 1.29 is 4.79 Å². The Labute approximate surface area is 129 Å². The Morgan fingerprint density at radius 3 is 2.71 bits per heavy atom. The van der Waals surface area contributed by atoms with Crippen LogP contribution in [0.2, 0.25) is 0 Å². The van der Waals surface area contributed by atoms with Crippen molar-refractivity contribution in [3.63, 3.8) is 0 Å². The second-order valence-electron chi connectivity index (χ2n) is 4.52. The van der Waals surface area contributed by atoms with Crippen LogP contribution < -0.4 is 16.4 Å². The van der Waals surface area contributed by atoms with Crippen molar-refractivity contribution >= 4 is 34.7 Å². The number of hydrogen-bond acceptors (Lipinski definition) is 4. The van der Waals surface area contributed by atoms with E-state index in [2.05, 4.69) is 22.8 Å². The molecule has 0 aliphatic rings. The molecule has 0 aliphatic carbocycles. The Balaban J connectivity index is 2.19. The van der Waals surface area contributed by atoms with Crippen LogP contribution in [-0.4, -0.2) is 18.7 Å². The number of amides is 1. The van der Waals surface area contributed by atoms with Crippen LogP contribution >= 0.6 is 11.8 Å². The summed E-state index contributed by atoms with van der Waals surface area (Å²) in [6.45, 7) is 2.48. The van der Waals surface area contributed by atoms with Gasteiger partial charge in [-0.25, -0.2) is 0 Å². The number of thioether (sulfide) groups is 1. The van der Waals surface area contributed by atoms with E-state index in [0.29, 0.717) is 17.8 Å². The van der Waals surface area contributed by atoms with Crippen LogP contribution in [0.3, 0.4) is 0 Å². The summed E-state index contributed by atoms with van der Waals surface area (Å²) < 4.78 is 0. The zero-order valence-electron chi connectivity index (χ0n) is 12.1. The quantitative estimate of drug-likeness (QED) is 0.584. The number of nitrogens with two attached hydrogens (primary N) is 1. The fraction of sp³-hybridized carbons (Fsp3) is 0.188. The monoisotopic (exact) mass is 301 g/mol. The zero-order chi connectivity index (χ0) is 15.2. The average molecular weight is 301 g/mol. The van der Waals surface area contributed by atoms with Crippen LogP contribution in [-0.2, 0) is 0 Å². The third-order valence-electron chi connectivity index (χ3n) is 3.00. The molecule has 0 fully saturated rings. The number of carbonyl (C=O) groups is 1. The Hall–Kier alpha value is -2.14. The van der Waals surface area contributed by atoms with Gasteiger partial charge < -0.3 is 16.4 Å². The Morgan fingerprint density at radius 2 is 2.05 bits per heavy atom. The highest BCUT2D eigenvalue weighted by Gasteiger charge is 2.07. The smallest absolute Gasteiger partial charge is 0.251 e. The lowest BCUT2D eigenvalue weighted by molar-refractivity contribution is 0.0956. The summed E-state index contributed by atoms with van der Waals surface area (Å²) >= 11 is 1.69. The molecule has 4 nitrogen and oxygen atoms in total. The summed E-state index contributed by atoms with van der Waals surface area (Å²) in [5.74, 6) is -0.111. The van der Waals surface area contributed by atoms with E-state index >= 15 is 0 Å². The predicted octanol–water partition coefficient (Wildman–Crippen LogP) is 3.48. The van der Waals surface area contributed by atoms with Crippen molar-refractivity contribution in [2.45, 2.75) is 11.8 Å². The highest BCUT2D eigenvalue weighted by molar-refractivity contribution is 7.98. The van der Waals surface area contributed by atoms with Crippen molar-refractivity contribution in [2.75, 3.05) is 23.9 Å². The molecule has 4 N–H and O–H groups in total. The van der Waals surface area contributed by atoms with Crippen LogP contribution in [0.15, 0.2) is 47.4 Å². The molecule has 0 spiro atoms. The van der Waals surface area contributed by atoms with E-state index in [1.165, 1.54) is 4.90 Å². The van der Waals surface area contributed by atoms with Crippen molar-refractivity contribution in [1.29, 1.82) is 0 Å². The zero-order valence-corrected chi connectivity index (χ0v) is 13.0. The van der Waals surface area contributed by atoms with Crippen molar-refractivity contribution in [3.8, 4) is 0 Å². The van der Waals surface area contributed by atoms with Gasteiger partial charge in [0.25, 0.3) is 5.91 Å². The van der Waals surface area contributed by atoms with Gasteiger partial charge in [0.05, 0.1) is 11.4 Å². The molecule has 110 valence electrons. The van der Waals surface area contributed by atoms with Crippen molar-refractivity contribution in [1.82, 2.24) is 5.32 Å². The van der Waals surface area contributed by atoms with Gasteiger partial charge in [-0.05, 0) is 49.6 Å². The van der Waals surface area contributed by atoms with Crippen LogP contribution in [0.25, 0.3) is 0 Å². The van der Waals surface area contributed by atoms with Gasteiger partial charge in [0.2, 0.25) is 0 Å². The molecule has 0 saturated carbocycles. The fourth-order valence-corrected chi connectivity index (χ4v) is 2.40. The Kier molecular flexibility index (Phi) is 5.11. The lowest BCUT2D eigenvalue weighted by Gasteiger charge is -2.11. The van der Waals surface area contributed by atoms with E-state index in [9.17, 15) is 4.79 Å². The first-order valence-electron chi connectivity index (χ1n) is 6.73. The van der Waals surface area contributed by atoms with Gasteiger partial charge in [-0.15, -0.1) is 11.8 Å². The molecule has 0 atom stereocenters. The summed E-state index contributed by atoms with van der Waals surface area (Å²) in [6.07, 6.45) is 2.04. The third kappa shape index (κ3) is 3.92. The van der Waals surface area contributed by atoms with Crippen LogP contribution in [0, 0.1) is 0 Å². The standard InChI is InChI=1S/C16H19N3OS/c1-3-18-16(20)11-7-8-15(14(17)9-11)19-12-5-4-6-13(10-12)21-2/h4-10,19H,3,17H2,1-2H3,(H,18,20). The van der Waals surface area contributed by atoms with Gasteiger partial charge in [-0.3, -0.25) is 4.79 Å². The second-order valence-corrected chi connectivity index (χ2v) is 5.40. The second kappa shape index (κ2) is 7.04. The molecule has 1 amide bonds. The van der Waals surface area contributed by atoms with E-state index < -0.39 is 0 Å². The number of hydrogen-bond donors (Lipinski definition) is 3. The highest BCUT2D eigenvalue weighted by atomic mass is 32.2. The van der Waals surface area contributed by atoms with Gasteiger partial charge in [0.1, 0.15) is 0 Å². The van der Waals surface area contributed by atoms with Crippen LogP contribution in [0.1, 0.15) is 17.3 Å². The largest absolute Gasteiger partial charge is 0.397 e. The number of benzene rings is 2. The van der Waals surface area contributed by atoms with Gasteiger partial charge in [0.15, 0.2) is 0 Å². The lowest BCUT2D eigenvalue weighted by atomic mass is 10.1.